The molecule has 1 heterocycles. The van der Waals surface area contributed by atoms with Crippen molar-refractivity contribution >= 4 is 21.6 Å². The maximum absolute atomic E-state index is 5.71. The molecule has 100 valence electrons. The van der Waals surface area contributed by atoms with Gasteiger partial charge < -0.3 is 15.0 Å². The number of nitrogens with zero attached hydrogens (tertiary/aromatic N) is 1. The zero-order chi connectivity index (χ0) is 13.0. The summed E-state index contributed by atoms with van der Waals surface area (Å²) in [6, 6.07) is 6.52. The second-order valence-corrected chi connectivity index (χ2v) is 5.70. The lowest BCUT2D eigenvalue weighted by Crippen LogP contribution is -2.31. The number of anilines is 1. The fourth-order valence-electron chi connectivity index (χ4n) is 2.41. The van der Waals surface area contributed by atoms with Crippen molar-refractivity contribution < 1.29 is 4.74 Å². The molecule has 0 aromatic heterocycles. The van der Waals surface area contributed by atoms with E-state index < -0.39 is 0 Å². The zero-order valence-corrected chi connectivity index (χ0v) is 12.7. The predicted molar refractivity (Wildman–Crippen MR) is 79.1 cm³/mol. The van der Waals surface area contributed by atoms with Gasteiger partial charge in [0.2, 0.25) is 0 Å². The van der Waals surface area contributed by atoms with Crippen LogP contribution in [0.1, 0.15) is 18.9 Å². The Hall–Kier alpha value is -0.580. The standard InChI is InChI=1S/C14H21BrN2O/c1-11-10-17(6-3-7-18-11)14-5-4-13(15)8-12(14)9-16-2/h4-5,8,11,16H,3,6-7,9-10H2,1-2H3. The highest BCUT2D eigenvalue weighted by molar-refractivity contribution is 9.10. The Balaban J connectivity index is 2.24. The molecule has 1 unspecified atom stereocenters. The molecule has 2 rings (SSSR count). The quantitative estimate of drug-likeness (QED) is 0.929. The number of benzene rings is 1. The molecule has 18 heavy (non-hydrogen) atoms. The number of hydrogen-bond acceptors (Lipinski definition) is 3. The van der Waals surface area contributed by atoms with Crippen molar-refractivity contribution in [3.8, 4) is 0 Å². The van der Waals surface area contributed by atoms with Crippen LogP contribution in [0, 0.1) is 0 Å². The number of rotatable bonds is 3. The molecular weight excluding hydrogens is 292 g/mol. The first-order valence-electron chi connectivity index (χ1n) is 6.50. The van der Waals surface area contributed by atoms with Crippen LogP contribution in [0.3, 0.4) is 0 Å². The van der Waals surface area contributed by atoms with E-state index in [0.29, 0.717) is 6.10 Å². The molecule has 1 N–H and O–H groups in total. The van der Waals surface area contributed by atoms with Gasteiger partial charge in [0.05, 0.1) is 6.10 Å². The summed E-state index contributed by atoms with van der Waals surface area (Å²) >= 11 is 3.55. The topological polar surface area (TPSA) is 24.5 Å². The fraction of sp³-hybridized carbons (Fsp3) is 0.571. The van der Waals surface area contributed by atoms with Gasteiger partial charge in [-0.3, -0.25) is 0 Å². The van der Waals surface area contributed by atoms with Crippen molar-refractivity contribution in [2.45, 2.75) is 26.0 Å². The van der Waals surface area contributed by atoms with E-state index in [-0.39, 0.29) is 0 Å². The number of nitrogens with one attached hydrogen (secondary N) is 1. The first kappa shape index (κ1) is 13.8. The van der Waals surface area contributed by atoms with Crippen LogP contribution in [0.5, 0.6) is 0 Å². The van der Waals surface area contributed by atoms with E-state index in [1.807, 2.05) is 7.05 Å². The minimum absolute atomic E-state index is 0.304. The summed E-state index contributed by atoms with van der Waals surface area (Å²) in [5.41, 5.74) is 2.66. The normalized spacial score (nSPS) is 20.8. The van der Waals surface area contributed by atoms with E-state index in [9.17, 15) is 0 Å². The van der Waals surface area contributed by atoms with Crippen molar-refractivity contribution in [2.24, 2.45) is 0 Å². The van der Waals surface area contributed by atoms with Crippen LogP contribution in [0.4, 0.5) is 5.69 Å². The van der Waals surface area contributed by atoms with Crippen LogP contribution in [0.2, 0.25) is 0 Å². The summed E-state index contributed by atoms with van der Waals surface area (Å²) in [5.74, 6) is 0. The first-order chi connectivity index (χ1) is 8.70. The molecule has 1 aliphatic heterocycles. The summed E-state index contributed by atoms with van der Waals surface area (Å²) in [5, 5.41) is 3.24. The summed E-state index contributed by atoms with van der Waals surface area (Å²) in [7, 11) is 1.98. The highest BCUT2D eigenvalue weighted by Crippen LogP contribution is 2.26. The van der Waals surface area contributed by atoms with Gasteiger partial charge in [-0.2, -0.15) is 0 Å². The van der Waals surface area contributed by atoms with Gasteiger partial charge in [-0.25, -0.2) is 0 Å². The summed E-state index contributed by atoms with van der Waals surface area (Å²) in [6.07, 6.45) is 1.40. The van der Waals surface area contributed by atoms with E-state index in [1.54, 1.807) is 0 Å². The minimum Gasteiger partial charge on any atom is -0.377 e. The smallest absolute Gasteiger partial charge is 0.0721 e. The third-order valence-corrected chi connectivity index (χ3v) is 3.69. The molecule has 4 heteroatoms. The molecule has 0 spiro atoms. The van der Waals surface area contributed by atoms with Gasteiger partial charge in [0.15, 0.2) is 0 Å². The Morgan fingerprint density at radius 2 is 2.33 bits per heavy atom. The van der Waals surface area contributed by atoms with Crippen LogP contribution >= 0.6 is 15.9 Å². The van der Waals surface area contributed by atoms with Crippen molar-refractivity contribution in [2.75, 3.05) is 31.6 Å². The molecule has 1 fully saturated rings. The molecule has 1 aromatic rings. The predicted octanol–water partition coefficient (Wildman–Crippen LogP) is 2.78. The van der Waals surface area contributed by atoms with E-state index in [2.05, 4.69) is 51.3 Å². The zero-order valence-electron chi connectivity index (χ0n) is 11.1. The third-order valence-electron chi connectivity index (χ3n) is 3.20. The van der Waals surface area contributed by atoms with Crippen LogP contribution in [-0.2, 0) is 11.3 Å². The largest absolute Gasteiger partial charge is 0.377 e. The van der Waals surface area contributed by atoms with Gasteiger partial charge in [0.25, 0.3) is 0 Å². The van der Waals surface area contributed by atoms with Crippen molar-refractivity contribution in [1.29, 1.82) is 0 Å². The molecule has 1 aliphatic rings. The average molecular weight is 313 g/mol. The maximum Gasteiger partial charge on any atom is 0.0721 e. The van der Waals surface area contributed by atoms with E-state index in [1.165, 1.54) is 11.3 Å². The number of halogens is 1. The SMILES string of the molecule is CNCc1cc(Br)ccc1N1CCCOC(C)C1. The molecule has 0 amide bonds. The Kier molecular flexibility index (Phi) is 5.03. The summed E-state index contributed by atoms with van der Waals surface area (Å²) < 4.78 is 6.85. The Morgan fingerprint density at radius 1 is 1.50 bits per heavy atom. The highest BCUT2D eigenvalue weighted by atomic mass is 79.9. The van der Waals surface area contributed by atoms with Crippen LogP contribution in [0.25, 0.3) is 0 Å². The van der Waals surface area contributed by atoms with Crippen LogP contribution in [-0.4, -0.2) is 32.8 Å². The highest BCUT2D eigenvalue weighted by Gasteiger charge is 2.17. The van der Waals surface area contributed by atoms with Gasteiger partial charge in [0, 0.05) is 36.4 Å². The lowest BCUT2D eigenvalue weighted by molar-refractivity contribution is 0.0821. The summed E-state index contributed by atoms with van der Waals surface area (Å²) in [6.45, 7) is 5.95. The second kappa shape index (κ2) is 6.55. The van der Waals surface area contributed by atoms with Gasteiger partial charge in [-0.1, -0.05) is 15.9 Å². The Bertz CT molecular complexity index is 397. The van der Waals surface area contributed by atoms with Gasteiger partial charge >= 0.3 is 0 Å². The van der Waals surface area contributed by atoms with Gasteiger partial charge in [-0.05, 0) is 44.2 Å². The molecule has 0 radical (unpaired) electrons. The fourth-order valence-corrected chi connectivity index (χ4v) is 2.82. The Labute approximate surface area is 118 Å². The van der Waals surface area contributed by atoms with E-state index >= 15 is 0 Å². The van der Waals surface area contributed by atoms with E-state index in [4.69, 9.17) is 4.74 Å². The lowest BCUT2D eigenvalue weighted by Gasteiger charge is -2.27. The van der Waals surface area contributed by atoms with Crippen LogP contribution in [0.15, 0.2) is 22.7 Å². The van der Waals surface area contributed by atoms with Crippen molar-refractivity contribution in [3.05, 3.63) is 28.2 Å². The minimum atomic E-state index is 0.304. The molecular formula is C14H21BrN2O. The average Bonchev–Trinajstić information content (AvgIpc) is 2.54. The Morgan fingerprint density at radius 3 is 3.11 bits per heavy atom. The molecule has 3 nitrogen and oxygen atoms in total. The molecule has 1 saturated heterocycles. The second-order valence-electron chi connectivity index (χ2n) is 4.78. The molecule has 0 bridgehead atoms. The molecule has 0 saturated carbocycles. The summed E-state index contributed by atoms with van der Waals surface area (Å²) in [4.78, 5) is 2.44. The lowest BCUT2D eigenvalue weighted by atomic mass is 10.1. The maximum atomic E-state index is 5.71. The molecule has 1 aromatic carbocycles. The van der Waals surface area contributed by atoms with E-state index in [0.717, 1.165) is 37.1 Å². The van der Waals surface area contributed by atoms with Crippen LogP contribution < -0.4 is 10.2 Å². The number of hydrogen-bond donors (Lipinski definition) is 1. The van der Waals surface area contributed by atoms with Gasteiger partial charge in [-0.15, -0.1) is 0 Å². The third kappa shape index (κ3) is 3.46. The van der Waals surface area contributed by atoms with Crippen molar-refractivity contribution in [1.82, 2.24) is 5.32 Å². The molecule has 0 aliphatic carbocycles. The number of ether oxygens (including phenoxy) is 1. The van der Waals surface area contributed by atoms with Gasteiger partial charge in [0.1, 0.15) is 0 Å². The molecule has 1 atom stereocenters. The monoisotopic (exact) mass is 312 g/mol. The first-order valence-corrected chi connectivity index (χ1v) is 7.29. The van der Waals surface area contributed by atoms with Crippen molar-refractivity contribution in [3.63, 3.8) is 0 Å².